The van der Waals surface area contributed by atoms with Gasteiger partial charge in [-0.3, -0.25) is 4.79 Å². The lowest BCUT2D eigenvalue weighted by Crippen LogP contribution is -2.41. The third kappa shape index (κ3) is 5.44. The quantitative estimate of drug-likeness (QED) is 0.741. The van der Waals surface area contributed by atoms with E-state index < -0.39 is 5.97 Å². The van der Waals surface area contributed by atoms with E-state index in [2.05, 4.69) is 10.6 Å². The molecular weight excluding hydrogens is 260 g/mol. The highest BCUT2D eigenvalue weighted by atomic mass is 16.4. The topological polar surface area (TPSA) is 91.6 Å². The molecule has 1 aromatic rings. The van der Waals surface area contributed by atoms with Crippen molar-refractivity contribution < 1.29 is 19.1 Å². The van der Waals surface area contributed by atoms with Crippen molar-refractivity contribution in [2.24, 2.45) is 0 Å². The van der Waals surface area contributed by atoms with E-state index in [1.807, 2.05) is 27.7 Å². The number of aromatic carboxylic acids is 1. The molecule has 0 fully saturated rings. The van der Waals surface area contributed by atoms with E-state index >= 15 is 0 Å². The van der Waals surface area contributed by atoms with E-state index in [4.69, 9.17) is 9.52 Å². The van der Waals surface area contributed by atoms with Gasteiger partial charge in [0.05, 0.1) is 6.04 Å². The highest BCUT2D eigenvalue weighted by Gasteiger charge is 2.16. The number of carboxylic acid groups (broad SMARTS) is 1. The van der Waals surface area contributed by atoms with Gasteiger partial charge in [-0.1, -0.05) is 0 Å². The summed E-state index contributed by atoms with van der Waals surface area (Å²) in [5, 5.41) is 14.8. The molecule has 1 atom stereocenters. The lowest BCUT2D eigenvalue weighted by Gasteiger charge is -2.20. The molecule has 0 aliphatic heterocycles. The van der Waals surface area contributed by atoms with Crippen LogP contribution in [0.3, 0.4) is 0 Å². The van der Waals surface area contributed by atoms with Crippen molar-refractivity contribution in [3.05, 3.63) is 23.7 Å². The SMILES string of the molecule is CC(NCCC(=O)NC(C)(C)C)c1ccc(C(=O)O)o1. The van der Waals surface area contributed by atoms with Gasteiger partial charge < -0.3 is 20.2 Å². The van der Waals surface area contributed by atoms with Crippen molar-refractivity contribution in [3.8, 4) is 0 Å². The van der Waals surface area contributed by atoms with Gasteiger partial charge in [-0.15, -0.1) is 0 Å². The average Bonchev–Trinajstić information content (AvgIpc) is 2.75. The van der Waals surface area contributed by atoms with Gasteiger partial charge >= 0.3 is 5.97 Å². The molecule has 6 nitrogen and oxygen atoms in total. The van der Waals surface area contributed by atoms with Crippen molar-refractivity contribution in [3.63, 3.8) is 0 Å². The molecule has 0 aliphatic rings. The lowest BCUT2D eigenvalue weighted by molar-refractivity contribution is -0.122. The van der Waals surface area contributed by atoms with E-state index in [1.165, 1.54) is 6.07 Å². The first-order valence-corrected chi connectivity index (χ1v) is 6.56. The Kier molecular flexibility index (Phi) is 5.33. The predicted molar refractivity (Wildman–Crippen MR) is 74.6 cm³/mol. The summed E-state index contributed by atoms with van der Waals surface area (Å²) in [4.78, 5) is 22.3. The van der Waals surface area contributed by atoms with Crippen LogP contribution in [0.25, 0.3) is 0 Å². The number of carbonyl (C=O) groups excluding carboxylic acids is 1. The molecule has 0 aromatic carbocycles. The van der Waals surface area contributed by atoms with Crippen molar-refractivity contribution in [1.29, 1.82) is 0 Å². The summed E-state index contributed by atoms with van der Waals surface area (Å²) in [6.07, 6.45) is 0.355. The van der Waals surface area contributed by atoms with Crippen LogP contribution in [0.4, 0.5) is 0 Å². The zero-order valence-corrected chi connectivity index (χ0v) is 12.3. The Morgan fingerprint density at radius 3 is 2.50 bits per heavy atom. The average molecular weight is 282 g/mol. The smallest absolute Gasteiger partial charge is 0.371 e. The summed E-state index contributed by atoms with van der Waals surface area (Å²) in [7, 11) is 0. The second-order valence-corrected chi connectivity index (χ2v) is 5.73. The summed E-state index contributed by atoms with van der Waals surface area (Å²) in [6, 6.07) is 2.89. The third-order valence-corrected chi connectivity index (χ3v) is 2.58. The molecule has 1 aromatic heterocycles. The van der Waals surface area contributed by atoms with Crippen LogP contribution in [-0.2, 0) is 4.79 Å². The van der Waals surface area contributed by atoms with E-state index in [0.717, 1.165) is 0 Å². The summed E-state index contributed by atoms with van der Waals surface area (Å²) < 4.78 is 5.18. The van der Waals surface area contributed by atoms with Gasteiger partial charge in [-0.2, -0.15) is 0 Å². The normalized spacial score (nSPS) is 13.0. The summed E-state index contributed by atoms with van der Waals surface area (Å²) in [5.41, 5.74) is -0.236. The molecule has 1 rings (SSSR count). The van der Waals surface area contributed by atoms with Gasteiger partial charge in [0.15, 0.2) is 0 Å². The molecule has 6 heteroatoms. The maximum absolute atomic E-state index is 11.6. The summed E-state index contributed by atoms with van der Waals surface area (Å²) >= 11 is 0. The number of amides is 1. The Labute approximate surface area is 118 Å². The van der Waals surface area contributed by atoms with E-state index in [0.29, 0.717) is 18.7 Å². The second kappa shape index (κ2) is 6.56. The number of hydrogen-bond acceptors (Lipinski definition) is 4. The fourth-order valence-corrected chi connectivity index (χ4v) is 1.68. The van der Waals surface area contributed by atoms with Crippen LogP contribution < -0.4 is 10.6 Å². The molecular formula is C14H22N2O4. The second-order valence-electron chi connectivity index (χ2n) is 5.73. The highest BCUT2D eigenvalue weighted by Crippen LogP contribution is 2.16. The molecule has 0 spiro atoms. The molecule has 0 aliphatic carbocycles. The Balaban J connectivity index is 2.38. The van der Waals surface area contributed by atoms with Gasteiger partial charge in [0, 0.05) is 18.5 Å². The molecule has 0 saturated heterocycles. The molecule has 1 heterocycles. The molecule has 0 radical (unpaired) electrons. The first-order valence-electron chi connectivity index (χ1n) is 6.56. The van der Waals surface area contributed by atoms with Gasteiger partial charge in [0.25, 0.3) is 0 Å². The zero-order valence-electron chi connectivity index (χ0n) is 12.3. The minimum absolute atomic E-state index is 0.0251. The minimum Gasteiger partial charge on any atom is -0.475 e. The first kappa shape index (κ1) is 16.2. The van der Waals surface area contributed by atoms with E-state index in [9.17, 15) is 9.59 Å². The van der Waals surface area contributed by atoms with Crippen LogP contribution in [0.5, 0.6) is 0 Å². The van der Waals surface area contributed by atoms with Gasteiger partial charge in [0.2, 0.25) is 11.7 Å². The Morgan fingerprint density at radius 1 is 1.35 bits per heavy atom. The van der Waals surface area contributed by atoms with Gasteiger partial charge in [-0.05, 0) is 39.8 Å². The van der Waals surface area contributed by atoms with Crippen LogP contribution in [0.15, 0.2) is 16.5 Å². The summed E-state index contributed by atoms with van der Waals surface area (Å²) in [6.45, 7) is 8.13. The highest BCUT2D eigenvalue weighted by molar-refractivity contribution is 5.84. The van der Waals surface area contributed by atoms with Gasteiger partial charge in [-0.25, -0.2) is 4.79 Å². The predicted octanol–water partition coefficient (Wildman–Crippen LogP) is 1.93. The van der Waals surface area contributed by atoms with Crippen molar-refractivity contribution in [2.75, 3.05) is 6.54 Å². The van der Waals surface area contributed by atoms with Crippen molar-refractivity contribution in [1.82, 2.24) is 10.6 Å². The van der Waals surface area contributed by atoms with Crippen LogP contribution >= 0.6 is 0 Å². The molecule has 20 heavy (non-hydrogen) atoms. The van der Waals surface area contributed by atoms with Crippen molar-refractivity contribution >= 4 is 11.9 Å². The van der Waals surface area contributed by atoms with Crippen LogP contribution in [0.1, 0.15) is 56.5 Å². The number of hydrogen-bond donors (Lipinski definition) is 3. The number of carbonyl (C=O) groups is 2. The number of rotatable bonds is 6. The maximum atomic E-state index is 11.6. The largest absolute Gasteiger partial charge is 0.475 e. The minimum atomic E-state index is -1.09. The van der Waals surface area contributed by atoms with Gasteiger partial charge in [0.1, 0.15) is 5.76 Å². The Morgan fingerprint density at radius 2 is 2.00 bits per heavy atom. The monoisotopic (exact) mass is 282 g/mol. The molecule has 1 unspecified atom stereocenters. The third-order valence-electron chi connectivity index (χ3n) is 2.58. The zero-order chi connectivity index (χ0) is 15.3. The molecule has 1 amide bonds. The van der Waals surface area contributed by atoms with E-state index in [1.54, 1.807) is 6.07 Å². The number of furan rings is 1. The van der Waals surface area contributed by atoms with Crippen LogP contribution in [0.2, 0.25) is 0 Å². The maximum Gasteiger partial charge on any atom is 0.371 e. The number of nitrogens with one attached hydrogen (secondary N) is 2. The molecule has 112 valence electrons. The fourth-order valence-electron chi connectivity index (χ4n) is 1.68. The Bertz CT molecular complexity index is 474. The molecule has 0 saturated carbocycles. The van der Waals surface area contributed by atoms with Crippen LogP contribution in [0, 0.1) is 0 Å². The number of carboxylic acids is 1. The Hall–Kier alpha value is -1.82. The molecule has 0 bridgehead atoms. The lowest BCUT2D eigenvalue weighted by atomic mass is 10.1. The van der Waals surface area contributed by atoms with Crippen LogP contribution in [-0.4, -0.2) is 29.1 Å². The summed E-state index contributed by atoms with van der Waals surface area (Å²) in [5.74, 6) is -0.659. The fraction of sp³-hybridized carbons (Fsp3) is 0.571. The van der Waals surface area contributed by atoms with E-state index in [-0.39, 0.29) is 23.2 Å². The van der Waals surface area contributed by atoms with Crippen molar-refractivity contribution in [2.45, 2.75) is 45.7 Å². The standard InChI is InChI=1S/C14H22N2O4/c1-9(10-5-6-11(20-10)13(18)19)15-8-7-12(17)16-14(2,3)4/h5-6,9,15H,7-8H2,1-4H3,(H,16,17)(H,18,19). The first-order chi connectivity index (χ1) is 9.19. The molecule has 3 N–H and O–H groups in total.